The summed E-state index contributed by atoms with van der Waals surface area (Å²) in [5.74, 6) is 1.03. The van der Waals surface area contributed by atoms with E-state index in [1.807, 2.05) is 12.1 Å². The highest BCUT2D eigenvalue weighted by Gasteiger charge is 2.12. The molecule has 1 aromatic carbocycles. The summed E-state index contributed by atoms with van der Waals surface area (Å²) in [6.07, 6.45) is 1.74. The Hall–Kier alpha value is -1.58. The summed E-state index contributed by atoms with van der Waals surface area (Å²) in [7, 11) is 0. The molecule has 1 aliphatic rings. The molecule has 0 bridgehead atoms. The van der Waals surface area contributed by atoms with Crippen molar-refractivity contribution in [1.29, 1.82) is 0 Å². The van der Waals surface area contributed by atoms with Crippen LogP contribution in [0.3, 0.4) is 0 Å². The zero-order valence-corrected chi connectivity index (χ0v) is 11.4. The molecule has 0 unspecified atom stereocenters. The quantitative estimate of drug-likeness (QED) is 0.891. The third-order valence-electron chi connectivity index (χ3n) is 3.71. The van der Waals surface area contributed by atoms with Crippen molar-refractivity contribution < 1.29 is 4.42 Å². The van der Waals surface area contributed by atoms with E-state index >= 15 is 0 Å². The second-order valence-corrected chi connectivity index (χ2v) is 5.09. The van der Waals surface area contributed by atoms with Crippen molar-refractivity contribution >= 4 is 0 Å². The molecule has 0 aliphatic carbocycles. The van der Waals surface area contributed by atoms with Gasteiger partial charge in [-0.2, -0.15) is 0 Å². The molecule has 1 aromatic heterocycles. The third kappa shape index (κ3) is 2.88. The number of furan rings is 1. The Morgan fingerprint density at radius 2 is 2.05 bits per heavy atom. The van der Waals surface area contributed by atoms with Crippen LogP contribution >= 0.6 is 0 Å². The predicted octanol–water partition coefficient (Wildman–Crippen LogP) is 2.90. The molecule has 1 N–H and O–H groups in total. The largest absolute Gasteiger partial charge is 0.468 e. The Kier molecular flexibility index (Phi) is 3.67. The van der Waals surface area contributed by atoms with Crippen LogP contribution < -0.4 is 5.32 Å². The van der Waals surface area contributed by atoms with E-state index in [9.17, 15) is 0 Å². The Morgan fingerprint density at radius 1 is 1.16 bits per heavy atom. The number of hydrogen-bond donors (Lipinski definition) is 1. The monoisotopic (exact) mass is 256 g/mol. The summed E-state index contributed by atoms with van der Waals surface area (Å²) >= 11 is 0. The van der Waals surface area contributed by atoms with Crippen LogP contribution in [-0.2, 0) is 26.2 Å². The van der Waals surface area contributed by atoms with Gasteiger partial charge >= 0.3 is 0 Å². The van der Waals surface area contributed by atoms with Crippen molar-refractivity contribution in [2.45, 2.75) is 33.1 Å². The Morgan fingerprint density at radius 3 is 2.84 bits per heavy atom. The summed E-state index contributed by atoms with van der Waals surface area (Å²) in [5, 5.41) is 3.39. The number of fused-ring (bicyclic) bond motifs is 1. The molecule has 0 saturated heterocycles. The average Bonchev–Trinajstić information content (AvgIpc) is 3.08. The van der Waals surface area contributed by atoms with Crippen molar-refractivity contribution in [2.75, 3.05) is 6.54 Å². The predicted molar refractivity (Wildman–Crippen MR) is 75.5 cm³/mol. The molecule has 3 rings (SSSR count). The van der Waals surface area contributed by atoms with E-state index in [0.717, 1.165) is 38.5 Å². The van der Waals surface area contributed by atoms with Gasteiger partial charge in [-0.3, -0.25) is 4.90 Å². The van der Waals surface area contributed by atoms with Crippen LogP contribution in [0.15, 0.2) is 41.0 Å². The number of hydrogen-bond acceptors (Lipinski definition) is 3. The van der Waals surface area contributed by atoms with Gasteiger partial charge in [0.2, 0.25) is 0 Å². The van der Waals surface area contributed by atoms with Gasteiger partial charge in [-0.05, 0) is 35.4 Å². The first-order chi connectivity index (χ1) is 9.35. The van der Waals surface area contributed by atoms with Crippen LogP contribution in [0.25, 0.3) is 0 Å². The van der Waals surface area contributed by atoms with E-state index in [1.54, 1.807) is 6.26 Å². The molecular weight excluding hydrogens is 236 g/mol. The van der Waals surface area contributed by atoms with Crippen molar-refractivity contribution in [3.8, 4) is 0 Å². The molecule has 2 heterocycles. The smallest absolute Gasteiger partial charge is 0.117 e. The standard InChI is InChI=1S/C16H20N2O/c1-2-18(12-16-4-3-7-19-16)11-13-5-6-14-9-17-10-15(14)8-13/h3-8,17H,2,9-12H2,1H3. The van der Waals surface area contributed by atoms with Crippen molar-refractivity contribution in [1.82, 2.24) is 10.2 Å². The van der Waals surface area contributed by atoms with E-state index in [1.165, 1.54) is 16.7 Å². The summed E-state index contributed by atoms with van der Waals surface area (Å²) in [4.78, 5) is 2.39. The highest BCUT2D eigenvalue weighted by molar-refractivity contribution is 5.34. The Bertz CT molecular complexity index is 534. The maximum absolute atomic E-state index is 5.43. The van der Waals surface area contributed by atoms with E-state index < -0.39 is 0 Å². The molecule has 1 aliphatic heterocycles. The topological polar surface area (TPSA) is 28.4 Å². The number of nitrogens with zero attached hydrogens (tertiary/aromatic N) is 1. The Labute approximate surface area is 114 Å². The second kappa shape index (κ2) is 5.59. The zero-order chi connectivity index (χ0) is 13.1. The van der Waals surface area contributed by atoms with Gasteiger partial charge in [0.25, 0.3) is 0 Å². The van der Waals surface area contributed by atoms with Crippen LogP contribution in [-0.4, -0.2) is 11.4 Å². The van der Waals surface area contributed by atoms with Crippen LogP contribution in [0, 0.1) is 0 Å². The lowest BCUT2D eigenvalue weighted by molar-refractivity contribution is 0.248. The fourth-order valence-electron chi connectivity index (χ4n) is 2.61. The molecule has 100 valence electrons. The minimum atomic E-state index is 0.874. The summed E-state index contributed by atoms with van der Waals surface area (Å²) in [6, 6.07) is 10.8. The lowest BCUT2D eigenvalue weighted by Gasteiger charge is -2.19. The highest BCUT2D eigenvalue weighted by atomic mass is 16.3. The van der Waals surface area contributed by atoms with Crippen LogP contribution in [0.1, 0.15) is 29.4 Å². The van der Waals surface area contributed by atoms with Gasteiger partial charge in [0.15, 0.2) is 0 Å². The van der Waals surface area contributed by atoms with E-state index in [4.69, 9.17) is 4.42 Å². The normalized spacial score (nSPS) is 14.0. The lowest BCUT2D eigenvalue weighted by atomic mass is 10.1. The van der Waals surface area contributed by atoms with Gasteiger partial charge in [0.1, 0.15) is 5.76 Å². The van der Waals surface area contributed by atoms with Gasteiger partial charge < -0.3 is 9.73 Å². The minimum Gasteiger partial charge on any atom is -0.468 e. The molecule has 3 heteroatoms. The second-order valence-electron chi connectivity index (χ2n) is 5.09. The number of benzene rings is 1. The van der Waals surface area contributed by atoms with E-state index in [2.05, 4.69) is 35.3 Å². The van der Waals surface area contributed by atoms with E-state index in [-0.39, 0.29) is 0 Å². The first-order valence-electron chi connectivity index (χ1n) is 6.91. The molecular formula is C16H20N2O. The maximum Gasteiger partial charge on any atom is 0.117 e. The zero-order valence-electron chi connectivity index (χ0n) is 11.4. The highest BCUT2D eigenvalue weighted by Crippen LogP contribution is 2.18. The molecule has 0 radical (unpaired) electrons. The summed E-state index contributed by atoms with van der Waals surface area (Å²) in [6.45, 7) is 7.09. The molecule has 0 spiro atoms. The molecule has 0 amide bonds. The van der Waals surface area contributed by atoms with Gasteiger partial charge in [-0.1, -0.05) is 25.1 Å². The fraction of sp³-hybridized carbons (Fsp3) is 0.375. The van der Waals surface area contributed by atoms with Crippen molar-refractivity contribution in [3.05, 3.63) is 59.0 Å². The molecule has 0 atom stereocenters. The van der Waals surface area contributed by atoms with Gasteiger partial charge in [-0.25, -0.2) is 0 Å². The third-order valence-corrected chi connectivity index (χ3v) is 3.71. The first-order valence-corrected chi connectivity index (χ1v) is 6.91. The van der Waals surface area contributed by atoms with Gasteiger partial charge in [0, 0.05) is 19.6 Å². The van der Waals surface area contributed by atoms with Crippen molar-refractivity contribution in [2.24, 2.45) is 0 Å². The Balaban J connectivity index is 1.68. The first kappa shape index (κ1) is 12.5. The molecule has 2 aromatic rings. The molecule has 0 saturated carbocycles. The van der Waals surface area contributed by atoms with Crippen molar-refractivity contribution in [3.63, 3.8) is 0 Å². The molecule has 19 heavy (non-hydrogen) atoms. The van der Waals surface area contributed by atoms with Gasteiger partial charge in [0.05, 0.1) is 12.8 Å². The maximum atomic E-state index is 5.43. The van der Waals surface area contributed by atoms with Gasteiger partial charge in [-0.15, -0.1) is 0 Å². The van der Waals surface area contributed by atoms with E-state index in [0.29, 0.717) is 0 Å². The molecule has 3 nitrogen and oxygen atoms in total. The summed E-state index contributed by atoms with van der Waals surface area (Å²) in [5.41, 5.74) is 4.28. The summed E-state index contributed by atoms with van der Waals surface area (Å²) < 4.78 is 5.43. The molecule has 0 fully saturated rings. The fourth-order valence-corrected chi connectivity index (χ4v) is 2.61. The van der Waals surface area contributed by atoms with Crippen LogP contribution in [0.2, 0.25) is 0 Å². The van der Waals surface area contributed by atoms with Crippen LogP contribution in [0.5, 0.6) is 0 Å². The number of nitrogens with one attached hydrogen (secondary N) is 1. The SMILES string of the molecule is CCN(Cc1ccc2c(c1)CNC2)Cc1ccco1. The van der Waals surface area contributed by atoms with Crippen LogP contribution in [0.4, 0.5) is 0 Å². The average molecular weight is 256 g/mol. The number of rotatable bonds is 5. The lowest BCUT2D eigenvalue weighted by Crippen LogP contribution is -2.22. The minimum absolute atomic E-state index is 0.874.